The number of anilines is 1. The van der Waals surface area contributed by atoms with E-state index in [1.807, 2.05) is 36.4 Å². The molecule has 7 heteroatoms. The third-order valence-electron chi connectivity index (χ3n) is 4.62. The van der Waals surface area contributed by atoms with Crippen LogP contribution < -0.4 is 5.32 Å². The number of imidazole rings is 1. The SMILES string of the molecule is CC[C@@H](C)c1ccc(NC(=O)COC(=O)/C=C/c2c(Cl)nc3ccccn23)cc1. The number of carbonyl (C=O) groups excluding carboxylic acids is 2. The van der Waals surface area contributed by atoms with Crippen molar-refractivity contribution < 1.29 is 14.3 Å². The normalized spacial score (nSPS) is 12.2. The molecule has 2 aromatic heterocycles. The molecule has 6 nitrogen and oxygen atoms in total. The number of nitrogens with one attached hydrogen (secondary N) is 1. The number of ether oxygens (including phenoxy) is 1. The molecule has 1 N–H and O–H groups in total. The third kappa shape index (κ3) is 5.23. The van der Waals surface area contributed by atoms with Gasteiger partial charge in [0, 0.05) is 18.0 Å². The summed E-state index contributed by atoms with van der Waals surface area (Å²) in [7, 11) is 0. The van der Waals surface area contributed by atoms with E-state index in [0.717, 1.165) is 6.42 Å². The van der Waals surface area contributed by atoms with Gasteiger partial charge in [-0.25, -0.2) is 9.78 Å². The van der Waals surface area contributed by atoms with Gasteiger partial charge in [0.2, 0.25) is 0 Å². The minimum Gasteiger partial charge on any atom is -0.452 e. The number of amides is 1. The van der Waals surface area contributed by atoms with E-state index in [2.05, 4.69) is 24.1 Å². The smallest absolute Gasteiger partial charge is 0.331 e. The standard InChI is InChI=1S/C22H22ClN3O3/c1-3-15(2)16-7-9-17(10-8-16)24-20(27)14-29-21(28)12-11-18-22(23)25-19-6-4-5-13-26(18)19/h4-13,15H,3,14H2,1-2H3,(H,24,27)/b12-11+/t15-/m1/s1. The van der Waals surface area contributed by atoms with Gasteiger partial charge in [0.05, 0.1) is 5.69 Å². The lowest BCUT2D eigenvalue weighted by atomic mass is 9.99. The van der Waals surface area contributed by atoms with Crippen LogP contribution in [-0.2, 0) is 14.3 Å². The molecule has 0 spiro atoms. The van der Waals surface area contributed by atoms with Crippen LogP contribution in [0, 0.1) is 0 Å². The van der Waals surface area contributed by atoms with E-state index < -0.39 is 11.9 Å². The third-order valence-corrected chi connectivity index (χ3v) is 4.90. The molecule has 0 aliphatic carbocycles. The van der Waals surface area contributed by atoms with Crippen molar-refractivity contribution in [3.05, 3.63) is 71.1 Å². The van der Waals surface area contributed by atoms with Gasteiger partial charge in [0.1, 0.15) is 5.65 Å². The Balaban J connectivity index is 1.53. The second-order valence-electron chi connectivity index (χ2n) is 6.64. The number of carbonyl (C=O) groups is 2. The van der Waals surface area contributed by atoms with Crippen molar-refractivity contribution in [3.8, 4) is 0 Å². The van der Waals surface area contributed by atoms with Gasteiger partial charge in [-0.3, -0.25) is 9.20 Å². The van der Waals surface area contributed by atoms with Crippen LogP contribution >= 0.6 is 11.6 Å². The Kier molecular flexibility index (Phi) is 6.67. The van der Waals surface area contributed by atoms with Crippen molar-refractivity contribution in [1.82, 2.24) is 9.38 Å². The molecular weight excluding hydrogens is 390 g/mol. The van der Waals surface area contributed by atoms with E-state index in [1.165, 1.54) is 17.7 Å². The zero-order valence-electron chi connectivity index (χ0n) is 16.3. The molecule has 1 amide bonds. The van der Waals surface area contributed by atoms with E-state index in [0.29, 0.717) is 22.9 Å². The maximum atomic E-state index is 12.0. The highest BCUT2D eigenvalue weighted by Gasteiger charge is 2.09. The van der Waals surface area contributed by atoms with Crippen molar-refractivity contribution in [2.75, 3.05) is 11.9 Å². The summed E-state index contributed by atoms with van der Waals surface area (Å²) in [6.45, 7) is 3.91. The Morgan fingerprint density at radius 3 is 2.72 bits per heavy atom. The zero-order chi connectivity index (χ0) is 20.8. The van der Waals surface area contributed by atoms with Crippen molar-refractivity contribution in [2.45, 2.75) is 26.2 Å². The Bertz CT molecular complexity index is 1040. The van der Waals surface area contributed by atoms with Crippen LogP contribution in [-0.4, -0.2) is 27.9 Å². The predicted octanol–water partition coefficient (Wildman–Crippen LogP) is 4.70. The molecule has 0 aliphatic heterocycles. The maximum absolute atomic E-state index is 12.0. The molecule has 1 aromatic carbocycles. The van der Waals surface area contributed by atoms with Gasteiger partial charge in [-0.2, -0.15) is 0 Å². The molecule has 0 bridgehead atoms. The topological polar surface area (TPSA) is 72.7 Å². The summed E-state index contributed by atoms with van der Waals surface area (Å²) in [5, 5.41) is 2.99. The summed E-state index contributed by atoms with van der Waals surface area (Å²) in [5.41, 5.74) is 3.11. The number of aromatic nitrogens is 2. The Labute approximate surface area is 174 Å². The predicted molar refractivity (Wildman–Crippen MR) is 114 cm³/mol. The van der Waals surface area contributed by atoms with Gasteiger partial charge in [0.15, 0.2) is 11.8 Å². The van der Waals surface area contributed by atoms with Gasteiger partial charge in [-0.1, -0.05) is 43.6 Å². The second-order valence-corrected chi connectivity index (χ2v) is 7.00. The van der Waals surface area contributed by atoms with Gasteiger partial charge < -0.3 is 10.1 Å². The van der Waals surface area contributed by atoms with E-state index in [-0.39, 0.29) is 11.8 Å². The zero-order valence-corrected chi connectivity index (χ0v) is 17.0. The lowest BCUT2D eigenvalue weighted by Gasteiger charge is -2.10. The fourth-order valence-electron chi connectivity index (χ4n) is 2.79. The molecule has 0 fully saturated rings. The monoisotopic (exact) mass is 411 g/mol. The van der Waals surface area contributed by atoms with E-state index in [4.69, 9.17) is 16.3 Å². The first-order valence-corrected chi connectivity index (χ1v) is 9.73. The summed E-state index contributed by atoms with van der Waals surface area (Å²) in [6.07, 6.45) is 5.57. The minimum absolute atomic E-state index is 0.277. The number of nitrogens with zero attached hydrogens (tertiary/aromatic N) is 2. The summed E-state index contributed by atoms with van der Waals surface area (Å²) < 4.78 is 6.75. The highest BCUT2D eigenvalue weighted by atomic mass is 35.5. The number of benzene rings is 1. The van der Waals surface area contributed by atoms with E-state index in [1.54, 1.807) is 16.7 Å². The first-order valence-electron chi connectivity index (χ1n) is 9.35. The summed E-state index contributed by atoms with van der Waals surface area (Å²) in [5.74, 6) is -0.584. The molecule has 0 saturated carbocycles. The van der Waals surface area contributed by atoms with Crippen molar-refractivity contribution in [3.63, 3.8) is 0 Å². The first-order chi connectivity index (χ1) is 14.0. The quantitative estimate of drug-likeness (QED) is 0.452. The molecule has 3 aromatic rings. The average Bonchev–Trinajstić information content (AvgIpc) is 3.05. The van der Waals surface area contributed by atoms with Crippen LogP contribution in [0.3, 0.4) is 0 Å². The molecule has 1 atom stereocenters. The summed E-state index contributed by atoms with van der Waals surface area (Å²) in [6, 6.07) is 13.1. The average molecular weight is 412 g/mol. The molecular formula is C22H22ClN3O3. The van der Waals surface area contributed by atoms with Crippen LogP contribution in [0.2, 0.25) is 5.15 Å². The largest absolute Gasteiger partial charge is 0.452 e. The molecule has 0 radical (unpaired) electrons. The fraction of sp³-hybridized carbons (Fsp3) is 0.227. The Morgan fingerprint density at radius 2 is 2.00 bits per heavy atom. The van der Waals surface area contributed by atoms with Crippen molar-refractivity contribution in [2.24, 2.45) is 0 Å². The lowest BCUT2D eigenvalue weighted by molar-refractivity contribution is -0.142. The van der Waals surface area contributed by atoms with Gasteiger partial charge in [-0.15, -0.1) is 0 Å². The maximum Gasteiger partial charge on any atom is 0.331 e. The molecule has 150 valence electrons. The molecule has 29 heavy (non-hydrogen) atoms. The highest BCUT2D eigenvalue weighted by molar-refractivity contribution is 6.31. The number of hydrogen-bond donors (Lipinski definition) is 1. The fourth-order valence-corrected chi connectivity index (χ4v) is 3.04. The number of hydrogen-bond acceptors (Lipinski definition) is 4. The lowest BCUT2D eigenvalue weighted by Crippen LogP contribution is -2.20. The van der Waals surface area contributed by atoms with Gasteiger partial charge in [-0.05, 0) is 48.2 Å². The second kappa shape index (κ2) is 9.39. The first kappa shape index (κ1) is 20.6. The number of rotatable bonds is 7. The van der Waals surface area contributed by atoms with E-state index >= 15 is 0 Å². The van der Waals surface area contributed by atoms with Crippen LogP contribution in [0.25, 0.3) is 11.7 Å². The molecule has 0 saturated heterocycles. The number of pyridine rings is 1. The van der Waals surface area contributed by atoms with Crippen LogP contribution in [0.1, 0.15) is 37.4 Å². The van der Waals surface area contributed by atoms with Crippen LogP contribution in [0.4, 0.5) is 5.69 Å². The number of esters is 1. The Morgan fingerprint density at radius 1 is 1.24 bits per heavy atom. The van der Waals surface area contributed by atoms with Crippen LogP contribution in [0.5, 0.6) is 0 Å². The number of halogens is 1. The molecule has 0 aliphatic rings. The van der Waals surface area contributed by atoms with Gasteiger partial charge >= 0.3 is 5.97 Å². The highest BCUT2D eigenvalue weighted by Crippen LogP contribution is 2.21. The van der Waals surface area contributed by atoms with Gasteiger partial charge in [0.25, 0.3) is 5.91 Å². The minimum atomic E-state index is -0.644. The number of fused-ring (bicyclic) bond motifs is 1. The van der Waals surface area contributed by atoms with Crippen LogP contribution in [0.15, 0.2) is 54.7 Å². The molecule has 0 unspecified atom stereocenters. The molecule has 2 heterocycles. The van der Waals surface area contributed by atoms with E-state index in [9.17, 15) is 9.59 Å². The van der Waals surface area contributed by atoms with Crippen molar-refractivity contribution >= 4 is 40.9 Å². The molecule has 3 rings (SSSR count). The Hall–Kier alpha value is -3.12. The summed E-state index contributed by atoms with van der Waals surface area (Å²) in [4.78, 5) is 28.1. The van der Waals surface area contributed by atoms with Crippen molar-refractivity contribution in [1.29, 1.82) is 0 Å². The summed E-state index contributed by atoms with van der Waals surface area (Å²) >= 11 is 6.11.